The molecule has 0 saturated heterocycles. The maximum Gasteiger partial charge on any atom is 0.206 e. The highest BCUT2D eigenvalue weighted by Gasteiger charge is 2.27. The molecule has 0 aliphatic heterocycles. The van der Waals surface area contributed by atoms with Crippen molar-refractivity contribution in [3.8, 4) is 0 Å². The summed E-state index contributed by atoms with van der Waals surface area (Å²) in [5.41, 5.74) is 0.980. The molecular weight excluding hydrogens is 514 g/mol. The fourth-order valence-corrected chi connectivity index (χ4v) is 5.52. The third-order valence-corrected chi connectivity index (χ3v) is 7.14. The molecule has 0 bridgehead atoms. The molecule has 0 aliphatic rings. The summed E-state index contributed by atoms with van der Waals surface area (Å²) in [6, 6.07) is 24.0. The van der Waals surface area contributed by atoms with Crippen LogP contribution < -0.4 is 9.80 Å². The predicted octanol–water partition coefficient (Wildman–Crippen LogP) is 10.2. The Balaban J connectivity index is 1.48. The SMILES string of the molecule is Fc1cc(N(c2ccco2)c2ccco2)c2ccc3c(F)cc(N(c4ccco4)c4ccco4)c4ccc1c2c34. The minimum Gasteiger partial charge on any atom is -0.448 e. The van der Waals surface area contributed by atoms with Gasteiger partial charge in [0.25, 0.3) is 0 Å². The first-order valence-electron chi connectivity index (χ1n) is 12.5. The smallest absolute Gasteiger partial charge is 0.206 e. The molecule has 4 aromatic carbocycles. The molecule has 194 valence electrons. The zero-order valence-corrected chi connectivity index (χ0v) is 20.7. The Hall–Kier alpha value is -5.50. The summed E-state index contributed by atoms with van der Waals surface area (Å²) in [5.74, 6) is 0.853. The Labute approximate surface area is 225 Å². The third kappa shape index (κ3) is 3.19. The van der Waals surface area contributed by atoms with Crippen LogP contribution >= 0.6 is 0 Å². The first kappa shape index (κ1) is 22.5. The van der Waals surface area contributed by atoms with Gasteiger partial charge in [-0.25, -0.2) is 18.6 Å². The Bertz CT molecular complexity index is 1860. The standard InChI is InChI=1S/C32H18F2N2O4/c33-23-17-25(35(27-5-1-13-37-27)28-6-2-14-38-28)21-11-9-20-24(34)18-26(22-12-10-19(23)31(21)32(20)22)36(29-7-3-15-39-29)30-8-4-16-40-30/h1-18H. The summed E-state index contributed by atoms with van der Waals surface area (Å²) in [6.45, 7) is 0. The number of hydrogen-bond donors (Lipinski definition) is 0. The highest BCUT2D eigenvalue weighted by Crippen LogP contribution is 2.48. The van der Waals surface area contributed by atoms with Crippen LogP contribution in [-0.2, 0) is 0 Å². The van der Waals surface area contributed by atoms with E-state index in [4.69, 9.17) is 17.7 Å². The molecule has 0 saturated carbocycles. The Morgan fingerprint density at radius 3 is 1.05 bits per heavy atom. The summed E-state index contributed by atoms with van der Waals surface area (Å²) < 4.78 is 54.7. The number of furan rings is 4. The molecule has 4 heterocycles. The van der Waals surface area contributed by atoms with Crippen LogP contribution in [0.1, 0.15) is 0 Å². The number of hydrogen-bond acceptors (Lipinski definition) is 6. The summed E-state index contributed by atoms with van der Waals surface area (Å²) in [5, 5.41) is 3.28. The highest BCUT2D eigenvalue weighted by atomic mass is 19.1. The van der Waals surface area contributed by atoms with Crippen LogP contribution in [-0.4, -0.2) is 0 Å². The average Bonchev–Trinajstić information content (AvgIpc) is 3.80. The van der Waals surface area contributed by atoms with E-state index in [1.165, 1.54) is 37.2 Å². The van der Waals surface area contributed by atoms with E-state index in [1.807, 2.05) is 0 Å². The lowest BCUT2D eigenvalue weighted by Crippen LogP contribution is -2.11. The summed E-state index contributed by atoms with van der Waals surface area (Å²) in [7, 11) is 0. The van der Waals surface area contributed by atoms with Crippen molar-refractivity contribution < 1.29 is 26.4 Å². The molecule has 4 aromatic heterocycles. The monoisotopic (exact) mass is 532 g/mol. The second kappa shape index (κ2) is 8.51. The number of halogens is 2. The van der Waals surface area contributed by atoms with E-state index in [2.05, 4.69) is 0 Å². The van der Waals surface area contributed by atoms with E-state index >= 15 is 8.78 Å². The fourth-order valence-electron chi connectivity index (χ4n) is 5.52. The van der Waals surface area contributed by atoms with E-state index in [0.717, 1.165) is 0 Å². The van der Waals surface area contributed by atoms with Gasteiger partial charge in [0.05, 0.1) is 36.4 Å². The molecule has 8 heteroatoms. The minimum atomic E-state index is -0.459. The lowest BCUT2D eigenvalue weighted by Gasteiger charge is -2.25. The largest absolute Gasteiger partial charge is 0.448 e. The summed E-state index contributed by atoms with van der Waals surface area (Å²) in [4.78, 5) is 3.40. The number of nitrogens with zero attached hydrogens (tertiary/aromatic N) is 2. The molecular formula is C32H18F2N2O4. The van der Waals surface area contributed by atoms with Crippen LogP contribution in [0.4, 0.5) is 43.7 Å². The fraction of sp³-hybridized carbons (Fsp3) is 0. The van der Waals surface area contributed by atoms with Gasteiger partial charge < -0.3 is 17.7 Å². The molecule has 0 N–H and O–H groups in total. The van der Waals surface area contributed by atoms with Gasteiger partial charge in [0.15, 0.2) is 0 Å². The van der Waals surface area contributed by atoms with Crippen molar-refractivity contribution in [2.75, 3.05) is 9.80 Å². The maximum atomic E-state index is 15.9. The van der Waals surface area contributed by atoms with Crippen LogP contribution in [0.25, 0.3) is 32.3 Å². The normalized spacial score (nSPS) is 11.8. The van der Waals surface area contributed by atoms with Gasteiger partial charge in [0, 0.05) is 56.6 Å². The molecule has 40 heavy (non-hydrogen) atoms. The van der Waals surface area contributed by atoms with Gasteiger partial charge in [-0.05, 0) is 36.4 Å². The van der Waals surface area contributed by atoms with Crippen LogP contribution in [0, 0.1) is 11.6 Å². The van der Waals surface area contributed by atoms with Crippen molar-refractivity contribution in [1.29, 1.82) is 0 Å². The zero-order valence-electron chi connectivity index (χ0n) is 20.7. The molecule has 6 nitrogen and oxygen atoms in total. The summed E-state index contributed by atoms with van der Waals surface area (Å²) in [6.07, 6.45) is 6.16. The van der Waals surface area contributed by atoms with E-state index in [-0.39, 0.29) is 0 Å². The van der Waals surface area contributed by atoms with Gasteiger partial charge >= 0.3 is 0 Å². The number of anilines is 6. The number of benzene rings is 4. The Morgan fingerprint density at radius 1 is 0.425 bits per heavy atom. The van der Waals surface area contributed by atoms with Crippen LogP contribution in [0.15, 0.2) is 128 Å². The van der Waals surface area contributed by atoms with Crippen molar-refractivity contribution in [2.24, 2.45) is 0 Å². The molecule has 8 rings (SSSR count). The van der Waals surface area contributed by atoms with Crippen molar-refractivity contribution in [2.45, 2.75) is 0 Å². The van der Waals surface area contributed by atoms with Crippen LogP contribution in [0.3, 0.4) is 0 Å². The van der Waals surface area contributed by atoms with Crippen LogP contribution in [0.5, 0.6) is 0 Å². The van der Waals surface area contributed by atoms with Gasteiger partial charge in [0.1, 0.15) is 11.6 Å². The molecule has 0 spiro atoms. The van der Waals surface area contributed by atoms with Crippen molar-refractivity contribution in [1.82, 2.24) is 0 Å². The van der Waals surface area contributed by atoms with Gasteiger partial charge in [0.2, 0.25) is 23.5 Å². The molecule has 0 unspecified atom stereocenters. The highest BCUT2D eigenvalue weighted by molar-refractivity contribution is 6.28. The summed E-state index contributed by atoms with van der Waals surface area (Å²) >= 11 is 0. The topological polar surface area (TPSA) is 59.0 Å². The first-order valence-corrected chi connectivity index (χ1v) is 12.5. The predicted molar refractivity (Wildman–Crippen MR) is 148 cm³/mol. The Morgan fingerprint density at radius 2 is 0.750 bits per heavy atom. The first-order chi connectivity index (χ1) is 19.7. The van der Waals surface area contributed by atoms with Gasteiger partial charge in [-0.1, -0.05) is 24.3 Å². The van der Waals surface area contributed by atoms with Crippen LogP contribution in [0.2, 0.25) is 0 Å². The molecule has 0 aliphatic carbocycles. The molecule has 8 aromatic rings. The number of rotatable bonds is 6. The zero-order chi connectivity index (χ0) is 26.8. The lowest BCUT2D eigenvalue weighted by molar-refractivity contribution is 0.539. The minimum absolute atomic E-state index is 0.370. The van der Waals surface area contributed by atoms with E-state index < -0.39 is 11.6 Å². The van der Waals surface area contributed by atoms with E-state index in [0.29, 0.717) is 67.2 Å². The second-order valence-electron chi connectivity index (χ2n) is 9.30. The van der Waals surface area contributed by atoms with Gasteiger partial charge in [-0.3, -0.25) is 0 Å². The molecule has 0 atom stereocenters. The lowest BCUT2D eigenvalue weighted by atomic mass is 9.91. The Kier molecular flexibility index (Phi) is 4.78. The quantitative estimate of drug-likeness (QED) is 0.199. The molecule has 0 radical (unpaired) electrons. The van der Waals surface area contributed by atoms with E-state index in [1.54, 1.807) is 82.6 Å². The third-order valence-electron chi connectivity index (χ3n) is 7.14. The van der Waals surface area contributed by atoms with Crippen molar-refractivity contribution in [3.05, 3.63) is 122 Å². The van der Waals surface area contributed by atoms with E-state index in [9.17, 15) is 0 Å². The van der Waals surface area contributed by atoms with Gasteiger partial charge in [-0.2, -0.15) is 0 Å². The average molecular weight is 533 g/mol. The molecule has 0 amide bonds. The molecule has 0 fully saturated rings. The second-order valence-corrected chi connectivity index (χ2v) is 9.30. The van der Waals surface area contributed by atoms with Crippen molar-refractivity contribution >= 4 is 67.2 Å². The van der Waals surface area contributed by atoms with Gasteiger partial charge in [-0.15, -0.1) is 0 Å². The van der Waals surface area contributed by atoms with Crippen molar-refractivity contribution in [3.63, 3.8) is 0 Å². The maximum absolute atomic E-state index is 15.9.